The first-order valence-corrected chi connectivity index (χ1v) is 7.19. The number of rotatable bonds is 8. The summed E-state index contributed by atoms with van der Waals surface area (Å²) in [7, 11) is 2.92. The summed E-state index contributed by atoms with van der Waals surface area (Å²) >= 11 is 0. The van der Waals surface area contributed by atoms with Crippen LogP contribution in [0.25, 0.3) is 10.9 Å². The van der Waals surface area contributed by atoms with Crippen molar-refractivity contribution in [1.82, 2.24) is 9.88 Å². The molecule has 1 aromatic heterocycles. The summed E-state index contributed by atoms with van der Waals surface area (Å²) in [6.07, 6.45) is 1.95. The van der Waals surface area contributed by atoms with E-state index in [2.05, 4.69) is 14.6 Å². The fourth-order valence-electron chi connectivity index (χ4n) is 2.14. The van der Waals surface area contributed by atoms with E-state index < -0.39 is 5.97 Å². The van der Waals surface area contributed by atoms with E-state index in [0.717, 1.165) is 17.4 Å². The molecule has 0 saturated heterocycles. The summed E-state index contributed by atoms with van der Waals surface area (Å²) in [6, 6.07) is 7.59. The molecule has 0 unspecified atom stereocenters. The summed E-state index contributed by atoms with van der Waals surface area (Å²) in [5.74, 6) is -0.270. The molecule has 2 rings (SSSR count). The Morgan fingerprint density at radius 2 is 2.04 bits per heavy atom. The zero-order chi connectivity index (χ0) is 16.7. The summed E-state index contributed by atoms with van der Waals surface area (Å²) < 4.78 is 17.1. The highest BCUT2D eigenvalue weighted by molar-refractivity contribution is 5.87. The van der Waals surface area contributed by atoms with Crippen LogP contribution >= 0.6 is 0 Å². The van der Waals surface area contributed by atoms with E-state index in [9.17, 15) is 9.59 Å². The minimum absolute atomic E-state index is 0.167. The minimum Gasteiger partial charge on any atom is -0.483 e. The largest absolute Gasteiger partial charge is 0.483 e. The minimum atomic E-state index is -0.504. The Bertz CT molecular complexity index is 680. The molecule has 0 radical (unpaired) electrons. The van der Waals surface area contributed by atoms with Crippen molar-refractivity contribution < 1.29 is 23.8 Å². The molecule has 124 valence electrons. The summed E-state index contributed by atoms with van der Waals surface area (Å²) in [5, 5.41) is 3.35. The number of ether oxygens (including phenoxy) is 3. The number of hydrogen-bond acceptors (Lipinski definition) is 5. The molecular weight excluding hydrogens is 300 g/mol. The van der Waals surface area contributed by atoms with Gasteiger partial charge in [0, 0.05) is 25.2 Å². The highest BCUT2D eigenvalue weighted by Gasteiger charge is 2.09. The summed E-state index contributed by atoms with van der Waals surface area (Å²) in [4.78, 5) is 22.6. The van der Waals surface area contributed by atoms with Crippen LogP contribution in [0.15, 0.2) is 30.5 Å². The lowest BCUT2D eigenvalue weighted by Gasteiger charge is -2.09. The van der Waals surface area contributed by atoms with Crippen molar-refractivity contribution in [1.29, 1.82) is 0 Å². The van der Waals surface area contributed by atoms with Gasteiger partial charge in [0.1, 0.15) is 12.3 Å². The predicted molar refractivity (Wildman–Crippen MR) is 84.3 cm³/mol. The number of nitrogens with zero attached hydrogens (tertiary/aromatic N) is 1. The van der Waals surface area contributed by atoms with Crippen LogP contribution in [0.5, 0.6) is 5.75 Å². The Morgan fingerprint density at radius 3 is 2.78 bits per heavy atom. The van der Waals surface area contributed by atoms with Crippen LogP contribution in [-0.2, 0) is 25.6 Å². The maximum Gasteiger partial charge on any atom is 0.325 e. The van der Waals surface area contributed by atoms with Gasteiger partial charge in [-0.1, -0.05) is 6.07 Å². The van der Waals surface area contributed by atoms with E-state index in [1.807, 2.05) is 24.4 Å². The Labute approximate surface area is 134 Å². The van der Waals surface area contributed by atoms with Gasteiger partial charge in [-0.25, -0.2) is 0 Å². The van der Waals surface area contributed by atoms with Crippen molar-refractivity contribution in [3.05, 3.63) is 30.5 Å². The van der Waals surface area contributed by atoms with Crippen LogP contribution in [0.1, 0.15) is 0 Å². The van der Waals surface area contributed by atoms with Gasteiger partial charge in [0.15, 0.2) is 6.61 Å². The second-order valence-corrected chi connectivity index (χ2v) is 4.83. The van der Waals surface area contributed by atoms with Gasteiger partial charge in [0.25, 0.3) is 5.91 Å². The second kappa shape index (κ2) is 8.19. The van der Waals surface area contributed by atoms with E-state index in [0.29, 0.717) is 12.4 Å². The van der Waals surface area contributed by atoms with Gasteiger partial charge in [0.05, 0.1) is 19.2 Å². The number of aromatic nitrogens is 1. The Kier molecular flexibility index (Phi) is 5.99. The number of carbonyl (C=O) groups excluding carboxylic acids is 2. The topological polar surface area (TPSA) is 78.8 Å². The van der Waals surface area contributed by atoms with Gasteiger partial charge in [-0.2, -0.15) is 0 Å². The van der Waals surface area contributed by atoms with Crippen molar-refractivity contribution in [3.8, 4) is 5.75 Å². The average Bonchev–Trinajstić information content (AvgIpc) is 2.99. The summed E-state index contributed by atoms with van der Waals surface area (Å²) in [5.41, 5.74) is 1.01. The molecule has 0 bridgehead atoms. The fourth-order valence-corrected chi connectivity index (χ4v) is 2.14. The van der Waals surface area contributed by atoms with Crippen LogP contribution in [0.3, 0.4) is 0 Å². The molecule has 7 nitrogen and oxygen atoms in total. The van der Waals surface area contributed by atoms with Crippen LogP contribution in [-0.4, -0.2) is 50.4 Å². The number of benzene rings is 1. The molecule has 23 heavy (non-hydrogen) atoms. The van der Waals surface area contributed by atoms with E-state index >= 15 is 0 Å². The molecule has 1 N–H and O–H groups in total. The maximum atomic E-state index is 11.7. The summed E-state index contributed by atoms with van der Waals surface area (Å²) in [6.45, 7) is 1.02. The quantitative estimate of drug-likeness (QED) is 0.733. The van der Waals surface area contributed by atoms with Gasteiger partial charge >= 0.3 is 5.97 Å². The first kappa shape index (κ1) is 16.8. The van der Waals surface area contributed by atoms with Crippen molar-refractivity contribution >= 4 is 22.8 Å². The van der Waals surface area contributed by atoms with E-state index in [4.69, 9.17) is 9.47 Å². The fraction of sp³-hybridized carbons (Fsp3) is 0.375. The molecule has 2 aromatic rings. The number of hydrogen-bond donors (Lipinski definition) is 1. The molecule has 0 saturated carbocycles. The Hall–Kier alpha value is -2.54. The molecule has 1 amide bonds. The Morgan fingerprint density at radius 1 is 1.22 bits per heavy atom. The molecule has 0 aliphatic heterocycles. The average molecular weight is 320 g/mol. The number of esters is 1. The van der Waals surface area contributed by atoms with Crippen molar-refractivity contribution in [2.45, 2.75) is 6.54 Å². The molecule has 0 fully saturated rings. The van der Waals surface area contributed by atoms with Crippen LogP contribution in [0.4, 0.5) is 0 Å². The lowest BCUT2D eigenvalue weighted by molar-refractivity contribution is -0.141. The molecule has 0 spiro atoms. The van der Waals surface area contributed by atoms with Gasteiger partial charge in [-0.05, 0) is 18.2 Å². The monoisotopic (exact) mass is 320 g/mol. The van der Waals surface area contributed by atoms with E-state index in [-0.39, 0.29) is 19.1 Å². The molecule has 0 aliphatic carbocycles. The molecule has 0 aliphatic rings. The third kappa shape index (κ3) is 4.46. The standard InChI is InChI=1S/C16H20N2O5/c1-21-9-8-18-7-6-12-13(18)4-3-5-14(12)23-11-15(19)17-10-16(20)22-2/h3-7H,8-11H2,1-2H3,(H,17,19). The smallest absolute Gasteiger partial charge is 0.325 e. The van der Waals surface area contributed by atoms with Gasteiger partial charge in [0.2, 0.25) is 0 Å². The number of amides is 1. The van der Waals surface area contributed by atoms with E-state index in [1.54, 1.807) is 13.2 Å². The first-order chi connectivity index (χ1) is 11.2. The number of fused-ring (bicyclic) bond motifs is 1. The number of nitrogens with one attached hydrogen (secondary N) is 1. The van der Waals surface area contributed by atoms with E-state index in [1.165, 1.54) is 7.11 Å². The normalized spacial score (nSPS) is 10.5. The molecule has 1 aromatic carbocycles. The van der Waals surface area contributed by atoms with Gasteiger partial charge < -0.3 is 24.1 Å². The van der Waals surface area contributed by atoms with Crippen molar-refractivity contribution in [2.24, 2.45) is 0 Å². The lowest BCUT2D eigenvalue weighted by Crippen LogP contribution is -2.33. The molecular formula is C16H20N2O5. The highest BCUT2D eigenvalue weighted by atomic mass is 16.5. The molecule has 7 heteroatoms. The second-order valence-electron chi connectivity index (χ2n) is 4.83. The predicted octanol–water partition coefficient (Wildman–Crippen LogP) is 0.956. The van der Waals surface area contributed by atoms with Crippen LogP contribution < -0.4 is 10.1 Å². The van der Waals surface area contributed by atoms with Gasteiger partial charge in [-0.15, -0.1) is 0 Å². The third-order valence-electron chi connectivity index (χ3n) is 3.33. The first-order valence-electron chi connectivity index (χ1n) is 7.19. The maximum absolute atomic E-state index is 11.7. The van der Waals surface area contributed by atoms with Gasteiger partial charge in [-0.3, -0.25) is 9.59 Å². The third-order valence-corrected chi connectivity index (χ3v) is 3.33. The van der Waals surface area contributed by atoms with Crippen LogP contribution in [0.2, 0.25) is 0 Å². The number of carbonyl (C=O) groups is 2. The SMILES string of the molecule is COCCn1ccc2c(OCC(=O)NCC(=O)OC)cccc21. The van der Waals surface area contributed by atoms with Crippen LogP contribution in [0, 0.1) is 0 Å². The highest BCUT2D eigenvalue weighted by Crippen LogP contribution is 2.26. The lowest BCUT2D eigenvalue weighted by atomic mass is 10.2. The zero-order valence-electron chi connectivity index (χ0n) is 13.2. The van der Waals surface area contributed by atoms with Crippen molar-refractivity contribution in [3.63, 3.8) is 0 Å². The number of methoxy groups -OCH3 is 2. The zero-order valence-corrected chi connectivity index (χ0v) is 13.2. The Balaban J connectivity index is 1.99. The van der Waals surface area contributed by atoms with Crippen molar-refractivity contribution in [2.75, 3.05) is 34.0 Å². The molecule has 1 heterocycles. The molecule has 0 atom stereocenters.